The van der Waals surface area contributed by atoms with E-state index in [4.69, 9.17) is 5.11 Å². The molecule has 19 heavy (non-hydrogen) atoms. The van der Waals surface area contributed by atoms with Crippen LogP contribution in [0.25, 0.3) is 0 Å². The number of allylic oxidation sites excluding steroid dienone is 8. The highest BCUT2D eigenvalue weighted by Gasteiger charge is 2.33. The summed E-state index contributed by atoms with van der Waals surface area (Å²) < 4.78 is 0. The summed E-state index contributed by atoms with van der Waals surface area (Å²) >= 11 is 2.01. The summed E-state index contributed by atoms with van der Waals surface area (Å²) in [5.74, 6) is -0.0765. The summed E-state index contributed by atoms with van der Waals surface area (Å²) in [6.45, 7) is 1.60. The van der Waals surface area contributed by atoms with Gasteiger partial charge in [-0.2, -0.15) is 0 Å². The molecule has 3 heteroatoms. The molecular formula is C16H18O2S. The molecule has 3 aliphatic rings. The largest absolute Gasteiger partial charge is 0.481 e. The zero-order chi connectivity index (χ0) is 13.7. The Morgan fingerprint density at radius 2 is 2.11 bits per heavy atom. The number of thioether (sulfide) groups is 1. The predicted octanol–water partition coefficient (Wildman–Crippen LogP) is 4.10. The molecule has 0 aromatic carbocycles. The maximum atomic E-state index is 9.37. The minimum Gasteiger partial charge on any atom is -0.481 e. The SMILES string of the molecule is C1=CC=C2C(C=C1)SC1=CC=CCC12.CCC(=O)O. The lowest BCUT2D eigenvalue weighted by molar-refractivity contribution is -0.136. The highest BCUT2D eigenvalue weighted by Crippen LogP contribution is 2.49. The van der Waals surface area contributed by atoms with E-state index in [-0.39, 0.29) is 6.42 Å². The van der Waals surface area contributed by atoms with E-state index in [0.29, 0.717) is 11.2 Å². The van der Waals surface area contributed by atoms with Crippen LogP contribution >= 0.6 is 11.8 Å². The number of fused-ring (bicyclic) bond motifs is 3. The lowest BCUT2D eigenvalue weighted by Crippen LogP contribution is -2.04. The molecule has 0 saturated carbocycles. The number of carboxylic acid groups (broad SMARTS) is 1. The zero-order valence-electron chi connectivity index (χ0n) is 11.0. The van der Waals surface area contributed by atoms with Crippen LogP contribution in [0.4, 0.5) is 0 Å². The standard InChI is InChI=1S/C13H12S.C3H6O2/c1-2-6-10-11-7-4-5-9-13(11)14-12(10)8-3-1;1-2-3(4)5/h1-6,8-9,11-12H,7H2;2H2,1H3,(H,4,5). The molecule has 2 atom stereocenters. The fourth-order valence-corrected chi connectivity index (χ4v) is 3.60. The Labute approximate surface area is 118 Å². The summed E-state index contributed by atoms with van der Waals surface area (Å²) in [5.41, 5.74) is 1.58. The van der Waals surface area contributed by atoms with Crippen LogP contribution in [0.3, 0.4) is 0 Å². The third kappa shape index (κ3) is 3.51. The van der Waals surface area contributed by atoms with E-state index in [2.05, 4.69) is 48.6 Å². The Bertz CT molecular complexity index is 495. The van der Waals surface area contributed by atoms with Crippen LogP contribution in [0.5, 0.6) is 0 Å². The molecule has 0 bridgehead atoms. The molecule has 1 fully saturated rings. The second-order valence-corrected chi connectivity index (χ2v) is 5.72. The summed E-state index contributed by atoms with van der Waals surface area (Å²) in [6, 6.07) is 0. The third-order valence-electron chi connectivity index (χ3n) is 3.21. The molecule has 2 aliphatic carbocycles. The van der Waals surface area contributed by atoms with Crippen molar-refractivity contribution in [3.8, 4) is 0 Å². The smallest absolute Gasteiger partial charge is 0.303 e. The van der Waals surface area contributed by atoms with Crippen molar-refractivity contribution in [1.82, 2.24) is 0 Å². The minimum atomic E-state index is -0.745. The van der Waals surface area contributed by atoms with Gasteiger partial charge in [-0.05, 0) is 16.9 Å². The maximum Gasteiger partial charge on any atom is 0.303 e. The van der Waals surface area contributed by atoms with Gasteiger partial charge in [0.25, 0.3) is 0 Å². The van der Waals surface area contributed by atoms with Gasteiger partial charge in [-0.1, -0.05) is 55.5 Å². The van der Waals surface area contributed by atoms with Crippen molar-refractivity contribution < 1.29 is 9.90 Å². The zero-order valence-corrected chi connectivity index (χ0v) is 11.8. The van der Waals surface area contributed by atoms with E-state index >= 15 is 0 Å². The summed E-state index contributed by atoms with van der Waals surface area (Å²) in [4.78, 5) is 10.9. The van der Waals surface area contributed by atoms with Crippen LogP contribution in [0.2, 0.25) is 0 Å². The maximum absolute atomic E-state index is 9.37. The molecule has 1 heterocycles. The molecular weight excluding hydrogens is 256 g/mol. The number of carbonyl (C=O) groups is 1. The van der Waals surface area contributed by atoms with E-state index in [1.807, 2.05) is 11.8 Å². The number of hydrogen-bond donors (Lipinski definition) is 1. The second kappa shape index (κ2) is 6.62. The second-order valence-electron chi connectivity index (χ2n) is 4.51. The Kier molecular flexibility index (Phi) is 4.86. The molecule has 0 spiro atoms. The average Bonchev–Trinajstić information content (AvgIpc) is 2.61. The van der Waals surface area contributed by atoms with Gasteiger partial charge in [0.2, 0.25) is 0 Å². The molecule has 1 aliphatic heterocycles. The van der Waals surface area contributed by atoms with Crippen molar-refractivity contribution in [2.24, 2.45) is 5.92 Å². The topological polar surface area (TPSA) is 37.3 Å². The first-order valence-corrected chi connectivity index (χ1v) is 7.40. The fourth-order valence-electron chi connectivity index (χ4n) is 2.20. The average molecular weight is 274 g/mol. The Balaban J connectivity index is 0.000000232. The van der Waals surface area contributed by atoms with E-state index in [0.717, 1.165) is 0 Å². The first-order valence-electron chi connectivity index (χ1n) is 6.52. The quantitative estimate of drug-likeness (QED) is 0.782. The van der Waals surface area contributed by atoms with E-state index in [1.165, 1.54) is 6.42 Å². The highest BCUT2D eigenvalue weighted by molar-refractivity contribution is 8.04. The van der Waals surface area contributed by atoms with Gasteiger partial charge < -0.3 is 5.11 Å². The molecule has 0 radical (unpaired) electrons. The minimum absolute atomic E-state index is 0.222. The van der Waals surface area contributed by atoms with Gasteiger partial charge in [0.05, 0.1) is 0 Å². The summed E-state index contributed by atoms with van der Waals surface area (Å²) in [6.07, 6.45) is 19.2. The van der Waals surface area contributed by atoms with E-state index in [9.17, 15) is 4.79 Å². The number of carboxylic acids is 1. The van der Waals surface area contributed by atoms with Crippen molar-refractivity contribution in [1.29, 1.82) is 0 Å². The normalized spacial score (nSPS) is 26.4. The highest BCUT2D eigenvalue weighted by atomic mass is 32.2. The molecule has 1 saturated heterocycles. The number of rotatable bonds is 1. The molecule has 0 amide bonds. The third-order valence-corrected chi connectivity index (χ3v) is 4.58. The van der Waals surface area contributed by atoms with Crippen LogP contribution < -0.4 is 0 Å². The molecule has 100 valence electrons. The monoisotopic (exact) mass is 274 g/mol. The van der Waals surface area contributed by atoms with Crippen LogP contribution in [0.1, 0.15) is 19.8 Å². The lowest BCUT2D eigenvalue weighted by Gasteiger charge is -2.13. The number of aliphatic carboxylic acids is 1. The molecule has 0 aromatic rings. The Morgan fingerprint density at radius 1 is 1.32 bits per heavy atom. The van der Waals surface area contributed by atoms with Gasteiger partial charge in [0.1, 0.15) is 0 Å². The Hall–Kier alpha value is -1.48. The number of hydrogen-bond acceptors (Lipinski definition) is 2. The van der Waals surface area contributed by atoms with Crippen molar-refractivity contribution in [2.45, 2.75) is 25.0 Å². The van der Waals surface area contributed by atoms with Crippen molar-refractivity contribution in [2.75, 3.05) is 0 Å². The first-order chi connectivity index (χ1) is 9.22. The summed E-state index contributed by atoms with van der Waals surface area (Å²) in [5, 5.41) is 8.31. The van der Waals surface area contributed by atoms with Gasteiger partial charge in [0.15, 0.2) is 0 Å². The molecule has 1 N–H and O–H groups in total. The van der Waals surface area contributed by atoms with Crippen molar-refractivity contribution in [3.05, 3.63) is 59.1 Å². The molecule has 3 rings (SSSR count). The van der Waals surface area contributed by atoms with Gasteiger partial charge in [-0.3, -0.25) is 4.79 Å². The predicted molar refractivity (Wildman–Crippen MR) is 81.0 cm³/mol. The fraction of sp³-hybridized carbons (Fsp3) is 0.312. The van der Waals surface area contributed by atoms with Crippen LogP contribution in [0.15, 0.2) is 59.1 Å². The van der Waals surface area contributed by atoms with Gasteiger partial charge in [-0.15, -0.1) is 11.8 Å². The molecule has 2 unspecified atom stereocenters. The molecule has 2 nitrogen and oxygen atoms in total. The lowest BCUT2D eigenvalue weighted by atomic mass is 9.90. The van der Waals surface area contributed by atoms with Gasteiger partial charge in [-0.25, -0.2) is 0 Å². The van der Waals surface area contributed by atoms with Crippen molar-refractivity contribution >= 4 is 17.7 Å². The molecule has 0 aromatic heterocycles. The van der Waals surface area contributed by atoms with Gasteiger partial charge in [0, 0.05) is 17.6 Å². The Morgan fingerprint density at radius 3 is 2.84 bits per heavy atom. The van der Waals surface area contributed by atoms with Crippen molar-refractivity contribution in [3.63, 3.8) is 0 Å². The van der Waals surface area contributed by atoms with E-state index < -0.39 is 5.97 Å². The van der Waals surface area contributed by atoms with Gasteiger partial charge >= 0.3 is 5.97 Å². The van der Waals surface area contributed by atoms with Crippen LogP contribution in [0, 0.1) is 5.92 Å². The van der Waals surface area contributed by atoms with Crippen LogP contribution in [-0.4, -0.2) is 16.3 Å². The van der Waals surface area contributed by atoms with E-state index in [1.54, 1.807) is 17.4 Å². The van der Waals surface area contributed by atoms with Crippen LogP contribution in [-0.2, 0) is 4.79 Å². The summed E-state index contributed by atoms with van der Waals surface area (Å²) in [7, 11) is 0. The first kappa shape index (κ1) is 13.9.